The minimum atomic E-state index is -0.418. The van der Waals surface area contributed by atoms with Crippen LogP contribution in [0, 0.1) is 5.92 Å². The normalized spacial score (nSPS) is 30.3. The summed E-state index contributed by atoms with van der Waals surface area (Å²) in [5.74, 6) is -0.178. The topological polar surface area (TPSA) is 92.6 Å². The molecule has 0 saturated carbocycles. The molecule has 1 aliphatic rings. The van der Waals surface area contributed by atoms with Crippen molar-refractivity contribution in [3.8, 4) is 0 Å². The zero-order valence-electron chi connectivity index (χ0n) is 7.65. The smallest absolute Gasteiger partial charge is 0.231 e. The number of likely N-dealkylation sites (tertiary alicyclic amines) is 1. The van der Waals surface area contributed by atoms with Crippen LogP contribution in [0.3, 0.4) is 0 Å². The van der Waals surface area contributed by atoms with Crippen LogP contribution in [0.15, 0.2) is 0 Å². The van der Waals surface area contributed by atoms with Gasteiger partial charge in [0.15, 0.2) is 0 Å². The van der Waals surface area contributed by atoms with Crippen molar-refractivity contribution in [1.82, 2.24) is 4.90 Å². The summed E-state index contributed by atoms with van der Waals surface area (Å²) in [6.07, 6.45) is 0.420. The van der Waals surface area contributed by atoms with Gasteiger partial charge < -0.3 is 16.6 Å². The Kier molecular flexibility index (Phi) is 3.65. The van der Waals surface area contributed by atoms with Crippen LogP contribution < -0.4 is 11.5 Å². The predicted octanol–water partition coefficient (Wildman–Crippen LogP) is -1.89. The molecule has 2 atom stereocenters. The molecule has 5 nitrogen and oxygen atoms in total. The first-order valence-electron chi connectivity index (χ1n) is 4.52. The molecule has 1 saturated heterocycles. The van der Waals surface area contributed by atoms with Crippen molar-refractivity contribution in [2.24, 2.45) is 17.4 Å². The molecular formula is C8H17N3O2. The van der Waals surface area contributed by atoms with Crippen molar-refractivity contribution >= 4 is 5.91 Å². The summed E-state index contributed by atoms with van der Waals surface area (Å²) in [4.78, 5) is 12.5. The van der Waals surface area contributed by atoms with E-state index in [-0.39, 0.29) is 18.4 Å². The number of hydrogen-bond donors (Lipinski definition) is 3. The molecular weight excluding hydrogens is 170 g/mol. The quantitative estimate of drug-likeness (QED) is 0.482. The zero-order valence-corrected chi connectivity index (χ0v) is 7.65. The van der Waals surface area contributed by atoms with Gasteiger partial charge in [0.25, 0.3) is 0 Å². The molecule has 0 radical (unpaired) electrons. The standard InChI is InChI=1S/C8H17N3O2/c9-3-6-1-2-11(4-7(6)12)5-8(10)13/h6-7,12H,1-5,9H2,(H2,10,13)/t6-,7+/m0/s1. The fourth-order valence-corrected chi connectivity index (χ4v) is 1.68. The van der Waals surface area contributed by atoms with Gasteiger partial charge in [0.1, 0.15) is 0 Å². The van der Waals surface area contributed by atoms with Crippen molar-refractivity contribution < 1.29 is 9.90 Å². The summed E-state index contributed by atoms with van der Waals surface area (Å²) < 4.78 is 0. The lowest BCUT2D eigenvalue weighted by Crippen LogP contribution is -2.48. The van der Waals surface area contributed by atoms with Crippen LogP contribution in [-0.2, 0) is 4.79 Å². The maximum atomic E-state index is 10.6. The average Bonchev–Trinajstić information content (AvgIpc) is 2.03. The zero-order chi connectivity index (χ0) is 9.84. The lowest BCUT2D eigenvalue weighted by atomic mass is 9.94. The minimum Gasteiger partial charge on any atom is -0.391 e. The maximum absolute atomic E-state index is 10.6. The number of amides is 1. The summed E-state index contributed by atoms with van der Waals surface area (Å²) in [5, 5.41) is 9.58. The molecule has 1 amide bonds. The maximum Gasteiger partial charge on any atom is 0.231 e. The van der Waals surface area contributed by atoms with E-state index >= 15 is 0 Å². The summed E-state index contributed by atoms with van der Waals surface area (Å²) in [5.41, 5.74) is 10.5. The lowest BCUT2D eigenvalue weighted by molar-refractivity contribution is -0.120. The van der Waals surface area contributed by atoms with Crippen LogP contribution in [0.25, 0.3) is 0 Å². The van der Waals surface area contributed by atoms with Crippen LogP contribution in [-0.4, -0.2) is 48.2 Å². The van der Waals surface area contributed by atoms with Crippen LogP contribution in [0.4, 0.5) is 0 Å². The van der Waals surface area contributed by atoms with E-state index in [2.05, 4.69) is 0 Å². The molecule has 1 heterocycles. The number of rotatable bonds is 3. The molecule has 0 aromatic carbocycles. The summed E-state index contributed by atoms with van der Waals surface area (Å²) in [6.45, 7) is 2.03. The Bertz CT molecular complexity index is 186. The van der Waals surface area contributed by atoms with E-state index in [4.69, 9.17) is 11.5 Å². The van der Waals surface area contributed by atoms with Gasteiger partial charge in [-0.3, -0.25) is 9.69 Å². The van der Waals surface area contributed by atoms with Gasteiger partial charge in [0, 0.05) is 6.54 Å². The third-order valence-electron chi connectivity index (χ3n) is 2.49. The number of aliphatic hydroxyl groups is 1. The monoisotopic (exact) mass is 187 g/mol. The SMILES string of the molecule is NC[C@@H]1CCN(CC(N)=O)C[C@H]1O. The van der Waals surface area contributed by atoms with E-state index < -0.39 is 6.10 Å². The molecule has 13 heavy (non-hydrogen) atoms. The van der Waals surface area contributed by atoms with E-state index in [1.807, 2.05) is 4.90 Å². The highest BCUT2D eigenvalue weighted by molar-refractivity contribution is 5.75. The summed E-state index contributed by atoms with van der Waals surface area (Å²) >= 11 is 0. The molecule has 0 aliphatic carbocycles. The van der Waals surface area contributed by atoms with E-state index in [0.717, 1.165) is 13.0 Å². The van der Waals surface area contributed by atoms with E-state index in [1.165, 1.54) is 0 Å². The van der Waals surface area contributed by atoms with Crippen molar-refractivity contribution in [3.05, 3.63) is 0 Å². The van der Waals surface area contributed by atoms with Gasteiger partial charge in [-0.1, -0.05) is 0 Å². The van der Waals surface area contributed by atoms with E-state index in [9.17, 15) is 9.90 Å². The number of carbonyl (C=O) groups is 1. The van der Waals surface area contributed by atoms with Gasteiger partial charge in [0.2, 0.25) is 5.91 Å². The Morgan fingerprint density at radius 3 is 2.77 bits per heavy atom. The highest BCUT2D eigenvalue weighted by Crippen LogP contribution is 2.15. The molecule has 0 aromatic rings. The molecule has 0 spiro atoms. The Morgan fingerprint density at radius 2 is 2.31 bits per heavy atom. The Labute approximate surface area is 77.7 Å². The Balaban J connectivity index is 2.36. The Hall–Kier alpha value is -0.650. The largest absolute Gasteiger partial charge is 0.391 e. The summed E-state index contributed by atoms with van der Waals surface area (Å²) in [6, 6.07) is 0. The second kappa shape index (κ2) is 4.55. The molecule has 0 bridgehead atoms. The number of β-amino-alcohol motifs (C(OH)–C–C–N with tert-alkyl or cyclic N) is 1. The van der Waals surface area contributed by atoms with Crippen LogP contribution in [0.5, 0.6) is 0 Å². The predicted molar refractivity (Wildman–Crippen MR) is 48.8 cm³/mol. The van der Waals surface area contributed by atoms with E-state index in [1.54, 1.807) is 0 Å². The molecule has 5 N–H and O–H groups in total. The summed E-state index contributed by atoms with van der Waals surface area (Å²) in [7, 11) is 0. The second-order valence-corrected chi connectivity index (χ2v) is 3.55. The van der Waals surface area contributed by atoms with Gasteiger partial charge in [-0.05, 0) is 25.4 Å². The molecule has 1 aliphatic heterocycles. The number of primary amides is 1. The molecule has 0 unspecified atom stereocenters. The molecule has 1 fully saturated rings. The first kappa shape index (κ1) is 10.4. The molecule has 0 aromatic heterocycles. The second-order valence-electron chi connectivity index (χ2n) is 3.55. The molecule has 1 rings (SSSR count). The number of aliphatic hydroxyl groups excluding tert-OH is 1. The fourth-order valence-electron chi connectivity index (χ4n) is 1.68. The molecule has 76 valence electrons. The minimum absolute atomic E-state index is 0.170. The van der Waals surface area contributed by atoms with Gasteiger partial charge >= 0.3 is 0 Å². The van der Waals surface area contributed by atoms with Crippen LogP contribution in [0.1, 0.15) is 6.42 Å². The van der Waals surface area contributed by atoms with Gasteiger partial charge in [-0.25, -0.2) is 0 Å². The first-order valence-corrected chi connectivity index (χ1v) is 4.52. The van der Waals surface area contributed by atoms with E-state index in [0.29, 0.717) is 13.1 Å². The highest BCUT2D eigenvalue weighted by Gasteiger charge is 2.26. The third-order valence-corrected chi connectivity index (χ3v) is 2.49. The van der Waals surface area contributed by atoms with Crippen molar-refractivity contribution in [1.29, 1.82) is 0 Å². The number of piperidine rings is 1. The highest BCUT2D eigenvalue weighted by atomic mass is 16.3. The number of carbonyl (C=O) groups excluding carboxylic acids is 1. The van der Waals surface area contributed by atoms with Crippen LogP contribution in [0.2, 0.25) is 0 Å². The third kappa shape index (κ3) is 2.95. The average molecular weight is 187 g/mol. The van der Waals surface area contributed by atoms with Crippen LogP contribution >= 0.6 is 0 Å². The first-order chi connectivity index (χ1) is 6.13. The van der Waals surface area contributed by atoms with Crippen molar-refractivity contribution in [2.75, 3.05) is 26.2 Å². The van der Waals surface area contributed by atoms with Crippen molar-refractivity contribution in [2.45, 2.75) is 12.5 Å². The Morgan fingerprint density at radius 1 is 1.62 bits per heavy atom. The lowest BCUT2D eigenvalue weighted by Gasteiger charge is -2.34. The number of hydrogen-bond acceptors (Lipinski definition) is 4. The van der Waals surface area contributed by atoms with Gasteiger partial charge in [-0.2, -0.15) is 0 Å². The fraction of sp³-hybridized carbons (Fsp3) is 0.875. The number of nitrogens with zero attached hydrogens (tertiary/aromatic N) is 1. The van der Waals surface area contributed by atoms with Crippen molar-refractivity contribution in [3.63, 3.8) is 0 Å². The molecule has 5 heteroatoms. The van der Waals surface area contributed by atoms with Gasteiger partial charge in [-0.15, -0.1) is 0 Å². The number of nitrogens with two attached hydrogens (primary N) is 2. The van der Waals surface area contributed by atoms with Gasteiger partial charge in [0.05, 0.1) is 12.6 Å².